The maximum Gasteiger partial charge on any atom is 0.287 e. The van der Waals surface area contributed by atoms with Crippen LogP contribution < -0.4 is 5.32 Å². The van der Waals surface area contributed by atoms with Gasteiger partial charge in [0.05, 0.1) is 11.8 Å². The van der Waals surface area contributed by atoms with Gasteiger partial charge in [0.2, 0.25) is 0 Å². The summed E-state index contributed by atoms with van der Waals surface area (Å²) in [6.45, 7) is 3.54. The predicted molar refractivity (Wildman–Crippen MR) is 84.5 cm³/mol. The standard InChI is InChI=1S/C16H19NO4S/c1-11-9-12(2)21-15(11)16(18)17-14(10-22(3,19)20)13-7-5-4-6-8-13/h4-9,14H,10H2,1-3H3,(H,17,18)/t14-/m0/s1. The Bertz CT molecular complexity index is 763. The Labute approximate surface area is 130 Å². The summed E-state index contributed by atoms with van der Waals surface area (Å²) < 4.78 is 28.6. The van der Waals surface area contributed by atoms with Crippen LogP contribution in [0.5, 0.6) is 0 Å². The summed E-state index contributed by atoms with van der Waals surface area (Å²) in [5.41, 5.74) is 1.46. The number of furan rings is 1. The molecule has 0 radical (unpaired) electrons. The Morgan fingerprint density at radius 2 is 1.86 bits per heavy atom. The number of rotatable bonds is 5. The zero-order chi connectivity index (χ0) is 16.3. The number of sulfone groups is 1. The van der Waals surface area contributed by atoms with E-state index in [-0.39, 0.29) is 11.5 Å². The van der Waals surface area contributed by atoms with Crippen LogP contribution >= 0.6 is 0 Å². The van der Waals surface area contributed by atoms with Crippen molar-refractivity contribution in [3.8, 4) is 0 Å². The van der Waals surface area contributed by atoms with Gasteiger partial charge in [-0.1, -0.05) is 30.3 Å². The SMILES string of the molecule is Cc1cc(C)c(C(=O)N[C@@H](CS(C)(=O)=O)c2ccccc2)o1. The van der Waals surface area contributed by atoms with Gasteiger partial charge in [-0.25, -0.2) is 8.42 Å². The van der Waals surface area contributed by atoms with Gasteiger partial charge in [-0.15, -0.1) is 0 Å². The number of benzene rings is 1. The summed E-state index contributed by atoms with van der Waals surface area (Å²) in [6, 6.07) is 10.2. The molecule has 1 heterocycles. The van der Waals surface area contributed by atoms with E-state index in [9.17, 15) is 13.2 Å². The van der Waals surface area contributed by atoms with Gasteiger partial charge >= 0.3 is 0 Å². The molecule has 2 rings (SSSR count). The first-order valence-electron chi connectivity index (χ1n) is 6.87. The van der Waals surface area contributed by atoms with Crippen molar-refractivity contribution in [1.29, 1.82) is 0 Å². The average molecular weight is 321 g/mol. The summed E-state index contributed by atoms with van der Waals surface area (Å²) in [6.07, 6.45) is 1.15. The number of carbonyl (C=O) groups excluding carboxylic acids is 1. The first kappa shape index (κ1) is 16.3. The van der Waals surface area contributed by atoms with Crippen LogP contribution in [0.1, 0.15) is 33.5 Å². The molecule has 0 aliphatic heterocycles. The largest absolute Gasteiger partial charge is 0.456 e. The first-order valence-corrected chi connectivity index (χ1v) is 8.93. The van der Waals surface area contributed by atoms with Crippen molar-refractivity contribution in [2.75, 3.05) is 12.0 Å². The van der Waals surface area contributed by atoms with Crippen molar-refractivity contribution in [3.63, 3.8) is 0 Å². The molecule has 0 bridgehead atoms. The van der Waals surface area contributed by atoms with Crippen molar-refractivity contribution in [2.45, 2.75) is 19.9 Å². The molecule has 6 heteroatoms. The fourth-order valence-electron chi connectivity index (χ4n) is 2.30. The van der Waals surface area contributed by atoms with E-state index < -0.39 is 21.8 Å². The minimum absolute atomic E-state index is 0.165. The molecule has 0 spiro atoms. The van der Waals surface area contributed by atoms with Gasteiger partial charge in [-0.2, -0.15) is 0 Å². The third kappa shape index (κ3) is 4.21. The predicted octanol–water partition coefficient (Wildman–Crippen LogP) is 2.41. The van der Waals surface area contributed by atoms with Crippen LogP contribution in [-0.2, 0) is 9.84 Å². The molecule has 0 saturated carbocycles. The lowest BCUT2D eigenvalue weighted by molar-refractivity contribution is 0.0910. The van der Waals surface area contributed by atoms with E-state index in [0.717, 1.165) is 17.4 Å². The topological polar surface area (TPSA) is 76.4 Å². The fraction of sp³-hybridized carbons (Fsp3) is 0.312. The van der Waals surface area contributed by atoms with Crippen molar-refractivity contribution >= 4 is 15.7 Å². The molecule has 1 amide bonds. The molecule has 0 aliphatic carbocycles. The van der Waals surface area contributed by atoms with Gasteiger partial charge < -0.3 is 9.73 Å². The second kappa shape index (κ2) is 6.36. The minimum Gasteiger partial charge on any atom is -0.456 e. The number of carbonyl (C=O) groups is 1. The lowest BCUT2D eigenvalue weighted by Crippen LogP contribution is -2.33. The molecule has 0 unspecified atom stereocenters. The van der Waals surface area contributed by atoms with Crippen LogP contribution in [0.4, 0.5) is 0 Å². The molecule has 1 atom stereocenters. The third-order valence-corrected chi connectivity index (χ3v) is 4.16. The highest BCUT2D eigenvalue weighted by atomic mass is 32.2. The number of nitrogens with one attached hydrogen (secondary N) is 1. The van der Waals surface area contributed by atoms with Crippen LogP contribution in [0.15, 0.2) is 40.8 Å². The van der Waals surface area contributed by atoms with E-state index in [1.807, 2.05) is 6.07 Å². The Morgan fingerprint density at radius 1 is 1.23 bits per heavy atom. The van der Waals surface area contributed by atoms with Crippen molar-refractivity contribution < 1.29 is 17.6 Å². The monoisotopic (exact) mass is 321 g/mol. The van der Waals surface area contributed by atoms with Crippen LogP contribution in [0.2, 0.25) is 0 Å². The summed E-state index contributed by atoms with van der Waals surface area (Å²) in [5.74, 6) is 0.277. The average Bonchev–Trinajstić information content (AvgIpc) is 2.76. The third-order valence-electron chi connectivity index (χ3n) is 3.22. The second-order valence-corrected chi connectivity index (χ2v) is 7.58. The zero-order valence-corrected chi connectivity index (χ0v) is 13.6. The molecule has 0 saturated heterocycles. The highest BCUT2D eigenvalue weighted by Gasteiger charge is 2.23. The van der Waals surface area contributed by atoms with Crippen LogP contribution in [0, 0.1) is 13.8 Å². The van der Waals surface area contributed by atoms with Gasteiger partial charge in [0.15, 0.2) is 5.76 Å². The molecule has 22 heavy (non-hydrogen) atoms. The Kier molecular flexibility index (Phi) is 4.71. The number of amides is 1. The quantitative estimate of drug-likeness (QED) is 0.917. The van der Waals surface area contributed by atoms with Crippen molar-refractivity contribution in [2.24, 2.45) is 0 Å². The highest BCUT2D eigenvalue weighted by Crippen LogP contribution is 2.18. The smallest absolute Gasteiger partial charge is 0.287 e. The lowest BCUT2D eigenvalue weighted by Gasteiger charge is -2.18. The molecule has 118 valence electrons. The maximum atomic E-state index is 12.3. The Balaban J connectivity index is 2.27. The molecular weight excluding hydrogens is 302 g/mol. The molecular formula is C16H19NO4S. The Morgan fingerprint density at radius 3 is 2.36 bits per heavy atom. The lowest BCUT2D eigenvalue weighted by atomic mass is 10.1. The molecule has 1 aromatic heterocycles. The van der Waals surface area contributed by atoms with Crippen molar-refractivity contribution in [1.82, 2.24) is 5.32 Å². The number of hydrogen-bond acceptors (Lipinski definition) is 4. The summed E-state index contributed by atoms with van der Waals surface area (Å²) in [5, 5.41) is 2.75. The highest BCUT2D eigenvalue weighted by molar-refractivity contribution is 7.90. The summed E-state index contributed by atoms with van der Waals surface area (Å²) in [4.78, 5) is 12.3. The fourth-order valence-corrected chi connectivity index (χ4v) is 3.18. The van der Waals surface area contributed by atoms with E-state index in [4.69, 9.17) is 4.42 Å². The van der Waals surface area contributed by atoms with E-state index in [0.29, 0.717) is 5.76 Å². The Hall–Kier alpha value is -2.08. The van der Waals surface area contributed by atoms with Gasteiger partial charge in [-0.05, 0) is 25.5 Å². The van der Waals surface area contributed by atoms with E-state index in [1.54, 1.807) is 44.2 Å². The number of aryl methyl sites for hydroxylation is 2. The van der Waals surface area contributed by atoms with Gasteiger partial charge in [0.1, 0.15) is 15.6 Å². The molecule has 1 aromatic carbocycles. The molecule has 0 aliphatic rings. The minimum atomic E-state index is -3.25. The summed E-state index contributed by atoms with van der Waals surface area (Å²) >= 11 is 0. The number of hydrogen-bond donors (Lipinski definition) is 1. The van der Waals surface area contributed by atoms with Crippen LogP contribution in [0.25, 0.3) is 0 Å². The first-order chi connectivity index (χ1) is 10.3. The molecule has 0 fully saturated rings. The van der Waals surface area contributed by atoms with Gasteiger partial charge in [0.25, 0.3) is 5.91 Å². The molecule has 2 aromatic rings. The summed E-state index contributed by atoms with van der Waals surface area (Å²) in [7, 11) is -3.25. The van der Waals surface area contributed by atoms with Gasteiger partial charge in [0, 0.05) is 11.8 Å². The normalized spacial score (nSPS) is 12.9. The molecule has 1 N–H and O–H groups in total. The van der Waals surface area contributed by atoms with Crippen LogP contribution in [-0.4, -0.2) is 26.3 Å². The van der Waals surface area contributed by atoms with E-state index in [1.165, 1.54) is 0 Å². The van der Waals surface area contributed by atoms with Gasteiger partial charge in [-0.3, -0.25) is 4.79 Å². The van der Waals surface area contributed by atoms with Crippen LogP contribution in [0.3, 0.4) is 0 Å². The van der Waals surface area contributed by atoms with E-state index in [2.05, 4.69) is 5.32 Å². The van der Waals surface area contributed by atoms with Crippen molar-refractivity contribution in [3.05, 3.63) is 59.0 Å². The zero-order valence-electron chi connectivity index (χ0n) is 12.8. The van der Waals surface area contributed by atoms with E-state index >= 15 is 0 Å². The second-order valence-electron chi connectivity index (χ2n) is 5.40. The maximum absolute atomic E-state index is 12.3. The molecule has 5 nitrogen and oxygen atoms in total.